The highest BCUT2D eigenvalue weighted by atomic mass is 19.4. The van der Waals surface area contributed by atoms with Gasteiger partial charge in [-0.2, -0.15) is 18.3 Å². The fourth-order valence-corrected chi connectivity index (χ4v) is 4.45. The molecule has 4 aromatic rings. The van der Waals surface area contributed by atoms with E-state index in [-0.39, 0.29) is 11.5 Å². The Morgan fingerprint density at radius 3 is 2.50 bits per heavy atom. The summed E-state index contributed by atoms with van der Waals surface area (Å²) in [5.41, 5.74) is 9.39. The minimum Gasteiger partial charge on any atom is -0.496 e. The molecular formula is C26H25F3N6O. The van der Waals surface area contributed by atoms with Crippen molar-refractivity contribution in [2.45, 2.75) is 6.18 Å². The Labute approximate surface area is 206 Å². The number of piperazine rings is 1. The van der Waals surface area contributed by atoms with Crippen molar-refractivity contribution in [3.8, 4) is 33.8 Å². The number of pyridine rings is 1. The molecule has 0 spiro atoms. The lowest BCUT2D eigenvalue weighted by Gasteiger charge is -2.30. The van der Waals surface area contributed by atoms with Crippen molar-refractivity contribution in [1.82, 2.24) is 20.1 Å². The molecule has 1 aliphatic rings. The van der Waals surface area contributed by atoms with Crippen molar-refractivity contribution in [3.05, 3.63) is 72.6 Å². The highest BCUT2D eigenvalue weighted by Crippen LogP contribution is 2.40. The van der Waals surface area contributed by atoms with Gasteiger partial charge < -0.3 is 20.7 Å². The molecule has 0 atom stereocenters. The largest absolute Gasteiger partial charge is 0.496 e. The van der Waals surface area contributed by atoms with E-state index in [4.69, 9.17) is 10.5 Å². The third-order valence-corrected chi connectivity index (χ3v) is 6.22. The van der Waals surface area contributed by atoms with Crippen LogP contribution in [0.25, 0.3) is 28.1 Å². The third kappa shape index (κ3) is 4.59. The molecule has 0 unspecified atom stereocenters. The van der Waals surface area contributed by atoms with Gasteiger partial charge in [-0.25, -0.2) is 9.67 Å². The van der Waals surface area contributed by atoms with E-state index < -0.39 is 11.7 Å². The topological polar surface area (TPSA) is 81.2 Å². The number of alkyl halides is 3. The molecule has 1 fully saturated rings. The summed E-state index contributed by atoms with van der Waals surface area (Å²) in [5.74, 6) is 0.936. The van der Waals surface area contributed by atoms with E-state index in [1.54, 1.807) is 37.7 Å². The molecule has 0 aliphatic carbocycles. The number of nitrogen functional groups attached to an aromatic ring is 1. The fraction of sp³-hybridized carbons (Fsp3) is 0.231. The van der Waals surface area contributed by atoms with Crippen molar-refractivity contribution in [2.24, 2.45) is 0 Å². The highest BCUT2D eigenvalue weighted by molar-refractivity contribution is 5.87. The van der Waals surface area contributed by atoms with Gasteiger partial charge in [-0.15, -0.1) is 0 Å². The lowest BCUT2D eigenvalue weighted by Crippen LogP contribution is -2.43. The summed E-state index contributed by atoms with van der Waals surface area (Å²) in [4.78, 5) is 6.57. The van der Waals surface area contributed by atoms with Crippen LogP contribution < -0.4 is 20.7 Å². The van der Waals surface area contributed by atoms with Crippen molar-refractivity contribution in [3.63, 3.8) is 0 Å². The molecular weight excluding hydrogens is 469 g/mol. The van der Waals surface area contributed by atoms with Crippen molar-refractivity contribution >= 4 is 11.5 Å². The molecule has 2 aromatic carbocycles. The zero-order valence-corrected chi connectivity index (χ0v) is 19.6. The second-order valence-corrected chi connectivity index (χ2v) is 8.45. The van der Waals surface area contributed by atoms with Crippen LogP contribution in [0.15, 0.2) is 67.0 Å². The minimum atomic E-state index is -4.46. The second-order valence-electron chi connectivity index (χ2n) is 8.45. The summed E-state index contributed by atoms with van der Waals surface area (Å²) in [7, 11) is 1.61. The smallest absolute Gasteiger partial charge is 0.416 e. The maximum absolute atomic E-state index is 13.3. The lowest BCUT2D eigenvalue weighted by atomic mass is 9.98. The fourth-order valence-electron chi connectivity index (χ4n) is 4.45. The average Bonchev–Trinajstić information content (AvgIpc) is 3.38. The van der Waals surface area contributed by atoms with E-state index in [1.165, 1.54) is 10.7 Å². The van der Waals surface area contributed by atoms with Gasteiger partial charge in [0.05, 0.1) is 30.3 Å². The summed E-state index contributed by atoms with van der Waals surface area (Å²) in [5, 5.41) is 7.66. The Morgan fingerprint density at radius 2 is 1.75 bits per heavy atom. The van der Waals surface area contributed by atoms with Gasteiger partial charge in [0.15, 0.2) is 0 Å². The normalized spacial score (nSPS) is 14.2. The minimum absolute atomic E-state index is 0.280. The maximum atomic E-state index is 13.3. The summed E-state index contributed by atoms with van der Waals surface area (Å²) in [6.07, 6.45) is -1.27. The number of anilines is 2. The third-order valence-electron chi connectivity index (χ3n) is 6.22. The summed E-state index contributed by atoms with van der Waals surface area (Å²) >= 11 is 0. The number of nitrogens with one attached hydrogen (secondary N) is 1. The van der Waals surface area contributed by atoms with E-state index >= 15 is 0 Å². The number of ether oxygens (including phenoxy) is 1. The number of nitrogens with zero attached hydrogens (tertiary/aromatic N) is 4. The second kappa shape index (κ2) is 9.54. The van der Waals surface area contributed by atoms with Gasteiger partial charge in [0.25, 0.3) is 0 Å². The number of rotatable bonds is 5. The van der Waals surface area contributed by atoms with E-state index in [0.29, 0.717) is 17.0 Å². The van der Waals surface area contributed by atoms with E-state index in [1.807, 2.05) is 18.2 Å². The first-order chi connectivity index (χ1) is 17.3. The lowest BCUT2D eigenvalue weighted by molar-refractivity contribution is -0.137. The molecule has 5 rings (SSSR count). The van der Waals surface area contributed by atoms with Crippen molar-refractivity contribution < 1.29 is 17.9 Å². The van der Waals surface area contributed by atoms with Crippen molar-refractivity contribution in [1.29, 1.82) is 0 Å². The Kier molecular flexibility index (Phi) is 6.27. The summed E-state index contributed by atoms with van der Waals surface area (Å²) in [6, 6.07) is 14.5. The van der Waals surface area contributed by atoms with Crippen LogP contribution in [0.4, 0.5) is 24.7 Å². The number of nitrogens with two attached hydrogens (primary N) is 1. The van der Waals surface area contributed by atoms with Crippen LogP contribution >= 0.6 is 0 Å². The molecule has 10 heteroatoms. The molecule has 186 valence electrons. The molecule has 0 bridgehead atoms. The van der Waals surface area contributed by atoms with Gasteiger partial charge >= 0.3 is 6.18 Å². The summed E-state index contributed by atoms with van der Waals surface area (Å²) in [6.45, 7) is 3.62. The number of aromatic nitrogens is 3. The first-order valence-electron chi connectivity index (χ1n) is 11.5. The van der Waals surface area contributed by atoms with E-state index in [0.717, 1.165) is 55.1 Å². The van der Waals surface area contributed by atoms with Crippen LogP contribution in [0.2, 0.25) is 0 Å². The zero-order valence-electron chi connectivity index (χ0n) is 19.6. The molecule has 1 saturated heterocycles. The van der Waals surface area contributed by atoms with Crippen LogP contribution in [-0.2, 0) is 6.18 Å². The van der Waals surface area contributed by atoms with E-state index in [2.05, 4.69) is 20.3 Å². The van der Waals surface area contributed by atoms with Crippen LogP contribution in [0.3, 0.4) is 0 Å². The Bertz CT molecular complexity index is 1380. The standard InChI is InChI=1S/C26H25F3N6O/c1-36-24-14-18(34-11-9-31-10-12-34)5-6-20(24)22-16-32-25(30)15-21(22)23-7-8-33-35(23)19-4-2-3-17(13-19)26(27,28)29/h2-8,13-16,31H,9-12H2,1H3,(H2,30,32). The van der Waals surface area contributed by atoms with Crippen LogP contribution in [0, 0.1) is 0 Å². The molecule has 0 saturated carbocycles. The van der Waals surface area contributed by atoms with Gasteiger partial charge in [-0.05, 0) is 42.5 Å². The van der Waals surface area contributed by atoms with Crippen LogP contribution in [0.1, 0.15) is 5.56 Å². The number of benzene rings is 2. The predicted molar refractivity (Wildman–Crippen MR) is 133 cm³/mol. The Morgan fingerprint density at radius 1 is 0.944 bits per heavy atom. The molecule has 7 nitrogen and oxygen atoms in total. The Balaban J connectivity index is 1.61. The monoisotopic (exact) mass is 494 g/mol. The van der Waals surface area contributed by atoms with Crippen LogP contribution in [0.5, 0.6) is 5.75 Å². The van der Waals surface area contributed by atoms with Gasteiger partial charge in [-0.3, -0.25) is 0 Å². The van der Waals surface area contributed by atoms with Crippen LogP contribution in [-0.4, -0.2) is 48.1 Å². The molecule has 36 heavy (non-hydrogen) atoms. The maximum Gasteiger partial charge on any atom is 0.416 e. The number of hydrogen-bond donors (Lipinski definition) is 2. The number of hydrogen-bond acceptors (Lipinski definition) is 6. The Hall–Kier alpha value is -4.05. The molecule has 0 amide bonds. The van der Waals surface area contributed by atoms with Gasteiger partial charge in [0, 0.05) is 60.8 Å². The predicted octanol–water partition coefficient (Wildman–Crippen LogP) is 4.62. The highest BCUT2D eigenvalue weighted by Gasteiger charge is 2.31. The SMILES string of the molecule is COc1cc(N2CCNCC2)ccc1-c1cnc(N)cc1-c1ccnn1-c1cccc(C(F)(F)F)c1. The van der Waals surface area contributed by atoms with E-state index in [9.17, 15) is 13.2 Å². The van der Waals surface area contributed by atoms with Gasteiger partial charge in [0.1, 0.15) is 11.6 Å². The molecule has 1 aliphatic heterocycles. The first kappa shape index (κ1) is 23.7. The van der Waals surface area contributed by atoms with Crippen molar-refractivity contribution in [2.75, 3.05) is 43.9 Å². The molecule has 2 aromatic heterocycles. The summed E-state index contributed by atoms with van der Waals surface area (Å²) < 4.78 is 47.3. The number of methoxy groups -OCH3 is 1. The van der Waals surface area contributed by atoms with Gasteiger partial charge in [-0.1, -0.05) is 6.07 Å². The number of halogens is 3. The zero-order chi connectivity index (χ0) is 25.3. The molecule has 3 N–H and O–H groups in total. The molecule has 0 radical (unpaired) electrons. The first-order valence-corrected chi connectivity index (χ1v) is 11.5. The average molecular weight is 495 g/mol. The quantitative estimate of drug-likeness (QED) is 0.422. The molecule has 3 heterocycles. The van der Waals surface area contributed by atoms with Gasteiger partial charge in [0.2, 0.25) is 0 Å².